The van der Waals surface area contributed by atoms with Crippen LogP contribution >= 0.6 is 0 Å². The van der Waals surface area contributed by atoms with Gasteiger partial charge in [0.1, 0.15) is 0 Å². The van der Waals surface area contributed by atoms with Gasteiger partial charge in [0, 0.05) is 13.1 Å². The van der Waals surface area contributed by atoms with Gasteiger partial charge in [-0.15, -0.1) is 0 Å². The van der Waals surface area contributed by atoms with E-state index in [0.29, 0.717) is 0 Å². The second-order valence-electron chi connectivity index (χ2n) is 4.00. The van der Waals surface area contributed by atoms with Crippen molar-refractivity contribution >= 4 is 5.97 Å². The number of hydrogen-bond donors (Lipinski definition) is 1. The first-order chi connectivity index (χ1) is 6.38. The number of piperidine rings is 1. The van der Waals surface area contributed by atoms with Crippen molar-refractivity contribution < 1.29 is 23.1 Å². The molecule has 0 aromatic heterocycles. The summed E-state index contributed by atoms with van der Waals surface area (Å²) in [6.07, 6.45) is -4.17. The Morgan fingerprint density at radius 1 is 1.36 bits per heavy atom. The van der Waals surface area contributed by atoms with Gasteiger partial charge < -0.3 is 5.11 Å². The van der Waals surface area contributed by atoms with Crippen LogP contribution in [0.3, 0.4) is 0 Å². The SMILES string of the molecule is O=C(O)C1C2CN(CC(F)(F)F)CC21. The highest BCUT2D eigenvalue weighted by Crippen LogP contribution is 2.52. The Morgan fingerprint density at radius 3 is 2.21 bits per heavy atom. The lowest BCUT2D eigenvalue weighted by Gasteiger charge is -2.19. The van der Waals surface area contributed by atoms with Gasteiger partial charge in [0.25, 0.3) is 0 Å². The van der Waals surface area contributed by atoms with Crippen molar-refractivity contribution in [3.63, 3.8) is 0 Å². The average Bonchev–Trinajstić information content (AvgIpc) is 2.47. The van der Waals surface area contributed by atoms with Crippen molar-refractivity contribution in [1.82, 2.24) is 4.90 Å². The van der Waals surface area contributed by atoms with Gasteiger partial charge in [-0.3, -0.25) is 9.69 Å². The van der Waals surface area contributed by atoms with E-state index < -0.39 is 18.7 Å². The monoisotopic (exact) mass is 209 g/mol. The lowest BCUT2D eigenvalue weighted by atomic mass is 10.2. The first kappa shape index (κ1) is 9.76. The Morgan fingerprint density at radius 2 is 1.86 bits per heavy atom. The van der Waals surface area contributed by atoms with Gasteiger partial charge >= 0.3 is 12.1 Å². The number of alkyl halides is 3. The minimum Gasteiger partial charge on any atom is -0.481 e. The van der Waals surface area contributed by atoms with E-state index in [1.165, 1.54) is 4.90 Å². The molecule has 1 saturated heterocycles. The van der Waals surface area contributed by atoms with E-state index in [1.807, 2.05) is 0 Å². The molecule has 6 heteroatoms. The molecule has 14 heavy (non-hydrogen) atoms. The summed E-state index contributed by atoms with van der Waals surface area (Å²) in [5.74, 6) is -1.35. The summed E-state index contributed by atoms with van der Waals surface area (Å²) in [4.78, 5) is 11.8. The molecular weight excluding hydrogens is 199 g/mol. The fourth-order valence-electron chi connectivity index (χ4n) is 2.36. The van der Waals surface area contributed by atoms with Crippen molar-refractivity contribution in [3.05, 3.63) is 0 Å². The number of rotatable bonds is 2. The number of fused-ring (bicyclic) bond motifs is 1. The fourth-order valence-corrected chi connectivity index (χ4v) is 2.36. The lowest BCUT2D eigenvalue weighted by molar-refractivity contribution is -0.146. The number of carboxylic acids is 1. The molecule has 2 unspecified atom stereocenters. The fraction of sp³-hybridized carbons (Fsp3) is 0.875. The van der Waals surface area contributed by atoms with Crippen molar-refractivity contribution in [2.24, 2.45) is 17.8 Å². The molecule has 0 aromatic rings. The molecule has 2 fully saturated rings. The molecule has 80 valence electrons. The largest absolute Gasteiger partial charge is 0.481 e. The van der Waals surface area contributed by atoms with Crippen molar-refractivity contribution in [1.29, 1.82) is 0 Å². The summed E-state index contributed by atoms with van der Waals surface area (Å²) < 4.78 is 35.8. The van der Waals surface area contributed by atoms with Gasteiger partial charge in [0.05, 0.1) is 12.5 Å². The maximum Gasteiger partial charge on any atom is 0.401 e. The van der Waals surface area contributed by atoms with Crippen LogP contribution in [0.1, 0.15) is 0 Å². The van der Waals surface area contributed by atoms with Gasteiger partial charge in [-0.05, 0) is 11.8 Å². The van der Waals surface area contributed by atoms with Crippen LogP contribution in [0.4, 0.5) is 13.2 Å². The molecule has 1 N–H and O–H groups in total. The molecule has 1 heterocycles. The van der Waals surface area contributed by atoms with Crippen LogP contribution in [-0.4, -0.2) is 41.8 Å². The molecule has 2 atom stereocenters. The zero-order valence-electron chi connectivity index (χ0n) is 7.29. The van der Waals surface area contributed by atoms with Gasteiger partial charge in [-0.2, -0.15) is 13.2 Å². The molecule has 0 radical (unpaired) electrons. The number of aliphatic carboxylic acids is 1. The summed E-state index contributed by atoms with van der Waals surface area (Å²) in [7, 11) is 0. The lowest BCUT2D eigenvalue weighted by Crippen LogP contribution is -2.35. The van der Waals surface area contributed by atoms with Crippen LogP contribution in [0.5, 0.6) is 0 Å². The molecule has 2 aliphatic rings. The van der Waals surface area contributed by atoms with E-state index in [2.05, 4.69) is 0 Å². The van der Waals surface area contributed by atoms with E-state index in [9.17, 15) is 18.0 Å². The van der Waals surface area contributed by atoms with Crippen LogP contribution < -0.4 is 0 Å². The second kappa shape index (κ2) is 2.85. The number of halogens is 3. The quantitative estimate of drug-likeness (QED) is 0.731. The topological polar surface area (TPSA) is 40.5 Å². The van der Waals surface area contributed by atoms with E-state index in [-0.39, 0.29) is 30.8 Å². The van der Waals surface area contributed by atoms with E-state index >= 15 is 0 Å². The molecule has 0 amide bonds. The minimum absolute atomic E-state index is 0.0464. The maximum absolute atomic E-state index is 11.9. The Bertz CT molecular complexity index is 254. The number of carboxylic acid groups (broad SMARTS) is 1. The third kappa shape index (κ3) is 1.70. The summed E-state index contributed by atoms with van der Waals surface area (Å²) in [6, 6.07) is 0. The third-order valence-corrected chi connectivity index (χ3v) is 2.96. The normalized spacial score (nSPS) is 36.9. The summed E-state index contributed by atoms with van der Waals surface area (Å²) in [5, 5.41) is 8.64. The Kier molecular flexibility index (Phi) is 1.99. The van der Waals surface area contributed by atoms with Crippen molar-refractivity contribution in [3.8, 4) is 0 Å². The summed E-state index contributed by atoms with van der Waals surface area (Å²) >= 11 is 0. The second-order valence-corrected chi connectivity index (χ2v) is 4.00. The average molecular weight is 209 g/mol. The zero-order valence-corrected chi connectivity index (χ0v) is 7.29. The predicted octanol–water partition coefficient (Wildman–Crippen LogP) is 0.811. The third-order valence-electron chi connectivity index (χ3n) is 2.96. The van der Waals surface area contributed by atoms with Gasteiger partial charge in [0.2, 0.25) is 0 Å². The molecule has 2 rings (SSSR count). The molecule has 0 bridgehead atoms. The van der Waals surface area contributed by atoms with E-state index in [0.717, 1.165) is 0 Å². The molecular formula is C8H10F3NO2. The Hall–Kier alpha value is -0.780. The molecule has 1 aliphatic carbocycles. The van der Waals surface area contributed by atoms with Crippen LogP contribution in [0.25, 0.3) is 0 Å². The predicted molar refractivity (Wildman–Crippen MR) is 40.6 cm³/mol. The highest BCUT2D eigenvalue weighted by molar-refractivity contribution is 5.74. The minimum atomic E-state index is -4.17. The smallest absolute Gasteiger partial charge is 0.401 e. The number of likely N-dealkylation sites (tertiary alicyclic amines) is 1. The number of hydrogen-bond acceptors (Lipinski definition) is 2. The summed E-state index contributed by atoms with van der Waals surface area (Å²) in [5.41, 5.74) is 0. The molecule has 0 aromatic carbocycles. The van der Waals surface area contributed by atoms with Gasteiger partial charge in [0.15, 0.2) is 0 Å². The number of carbonyl (C=O) groups is 1. The molecule has 1 aliphatic heterocycles. The summed E-state index contributed by atoms with van der Waals surface area (Å²) in [6.45, 7) is -0.353. The first-order valence-electron chi connectivity index (χ1n) is 4.40. The van der Waals surface area contributed by atoms with Crippen molar-refractivity contribution in [2.75, 3.05) is 19.6 Å². The van der Waals surface area contributed by atoms with Gasteiger partial charge in [-0.1, -0.05) is 0 Å². The highest BCUT2D eigenvalue weighted by atomic mass is 19.4. The highest BCUT2D eigenvalue weighted by Gasteiger charge is 2.60. The van der Waals surface area contributed by atoms with E-state index in [4.69, 9.17) is 5.11 Å². The molecule has 0 spiro atoms. The Labute approximate surface area is 78.5 Å². The van der Waals surface area contributed by atoms with Crippen LogP contribution in [0.15, 0.2) is 0 Å². The first-order valence-corrected chi connectivity index (χ1v) is 4.40. The molecule has 3 nitrogen and oxygen atoms in total. The van der Waals surface area contributed by atoms with Crippen LogP contribution in [0.2, 0.25) is 0 Å². The van der Waals surface area contributed by atoms with E-state index in [1.54, 1.807) is 0 Å². The standard InChI is InChI=1S/C8H10F3NO2/c9-8(10,11)3-12-1-4-5(2-12)6(4)7(13)14/h4-6H,1-3H2,(H,13,14). The van der Waals surface area contributed by atoms with Gasteiger partial charge in [-0.25, -0.2) is 0 Å². The van der Waals surface area contributed by atoms with Crippen LogP contribution in [-0.2, 0) is 4.79 Å². The molecule has 1 saturated carbocycles. The Balaban J connectivity index is 1.82. The maximum atomic E-state index is 11.9. The number of nitrogens with zero attached hydrogens (tertiary/aromatic N) is 1. The van der Waals surface area contributed by atoms with Crippen molar-refractivity contribution in [2.45, 2.75) is 6.18 Å². The van der Waals surface area contributed by atoms with Crippen LogP contribution in [0, 0.1) is 17.8 Å². The zero-order chi connectivity index (χ0) is 10.5.